The largest absolute Gasteiger partial charge is 0.466 e. The molecule has 6 nitrogen and oxygen atoms in total. The highest BCUT2D eigenvalue weighted by Gasteiger charge is 1.96. The molecule has 0 saturated heterocycles. The predicted molar refractivity (Wildman–Crippen MR) is 107 cm³/mol. The number of ether oxygens (including phenoxy) is 2. The number of hydrogen-bond acceptors (Lipinski definition) is 6. The first-order chi connectivity index (χ1) is 13.1. The zero-order valence-electron chi connectivity index (χ0n) is 15.3. The van der Waals surface area contributed by atoms with Gasteiger partial charge in [0.1, 0.15) is 0 Å². The smallest absolute Gasteiger partial charge is 0.330 e. The highest BCUT2D eigenvalue weighted by molar-refractivity contribution is 5.87. The second kappa shape index (κ2) is 10.5. The zero-order valence-corrected chi connectivity index (χ0v) is 15.3. The van der Waals surface area contributed by atoms with Crippen LogP contribution in [0.5, 0.6) is 0 Å². The van der Waals surface area contributed by atoms with E-state index in [0.717, 1.165) is 22.5 Å². The quantitative estimate of drug-likeness (QED) is 0.423. The molecule has 0 bridgehead atoms. The molecule has 0 heterocycles. The molecule has 0 spiro atoms. The Morgan fingerprint density at radius 1 is 0.741 bits per heavy atom. The Hall–Kier alpha value is -3.54. The maximum Gasteiger partial charge on any atom is 0.330 e. The van der Waals surface area contributed by atoms with Crippen LogP contribution in [0.2, 0.25) is 0 Å². The van der Waals surface area contributed by atoms with Gasteiger partial charge in [-0.1, -0.05) is 24.3 Å². The van der Waals surface area contributed by atoms with E-state index in [1.54, 1.807) is 12.2 Å². The first-order valence-corrected chi connectivity index (χ1v) is 8.30. The van der Waals surface area contributed by atoms with Gasteiger partial charge in [-0.2, -0.15) is 0 Å². The van der Waals surface area contributed by atoms with Crippen LogP contribution in [0.25, 0.3) is 12.2 Å². The fraction of sp³-hybridized carbons (Fsp3) is 0.143. The van der Waals surface area contributed by atoms with E-state index in [-0.39, 0.29) is 11.9 Å². The van der Waals surface area contributed by atoms with Crippen molar-refractivity contribution in [2.24, 2.45) is 0 Å². The molecule has 0 aromatic heterocycles. The number of hydrogen-bond donors (Lipinski definition) is 2. The summed E-state index contributed by atoms with van der Waals surface area (Å²) < 4.78 is 9.11. The summed E-state index contributed by atoms with van der Waals surface area (Å²) >= 11 is 0. The van der Waals surface area contributed by atoms with E-state index < -0.39 is 0 Å². The van der Waals surface area contributed by atoms with E-state index in [4.69, 9.17) is 0 Å². The Balaban J connectivity index is 1.80. The molecule has 0 radical (unpaired) electrons. The van der Waals surface area contributed by atoms with Gasteiger partial charge in [-0.15, -0.1) is 0 Å². The van der Waals surface area contributed by atoms with Gasteiger partial charge in [0, 0.05) is 23.5 Å². The van der Waals surface area contributed by atoms with Crippen LogP contribution in [0.3, 0.4) is 0 Å². The van der Waals surface area contributed by atoms with Crippen LogP contribution >= 0.6 is 0 Å². The molecule has 27 heavy (non-hydrogen) atoms. The number of methoxy groups -OCH3 is 2. The Bertz CT molecular complexity index is 740. The first-order valence-electron chi connectivity index (χ1n) is 8.30. The van der Waals surface area contributed by atoms with Gasteiger partial charge < -0.3 is 20.1 Å². The topological polar surface area (TPSA) is 76.7 Å². The lowest BCUT2D eigenvalue weighted by Gasteiger charge is -2.10. The van der Waals surface area contributed by atoms with E-state index in [1.165, 1.54) is 26.4 Å². The second-order valence-corrected chi connectivity index (χ2v) is 5.49. The molecule has 2 rings (SSSR count). The maximum absolute atomic E-state index is 11.1. The van der Waals surface area contributed by atoms with Gasteiger partial charge >= 0.3 is 11.9 Å². The van der Waals surface area contributed by atoms with Crippen LogP contribution < -0.4 is 10.6 Å². The van der Waals surface area contributed by atoms with Crippen LogP contribution in [0.1, 0.15) is 11.1 Å². The van der Waals surface area contributed by atoms with Crippen LogP contribution in [0, 0.1) is 0 Å². The maximum atomic E-state index is 11.1. The van der Waals surface area contributed by atoms with Crippen molar-refractivity contribution in [2.75, 3.05) is 31.5 Å². The van der Waals surface area contributed by atoms with Crippen LogP contribution in [0.4, 0.5) is 11.4 Å². The molecule has 140 valence electrons. The summed E-state index contributed by atoms with van der Waals surface area (Å²) in [6, 6.07) is 15.3. The Labute approximate surface area is 158 Å². The predicted octanol–water partition coefficient (Wildman–Crippen LogP) is 3.54. The Morgan fingerprint density at radius 3 is 1.44 bits per heavy atom. The summed E-state index contributed by atoms with van der Waals surface area (Å²) in [7, 11) is 2.69. The van der Waals surface area contributed by atoms with Crippen molar-refractivity contribution in [2.45, 2.75) is 0 Å². The zero-order chi connectivity index (χ0) is 19.5. The summed E-state index contributed by atoms with van der Waals surface area (Å²) in [5.74, 6) is -0.763. The summed E-state index contributed by atoms with van der Waals surface area (Å²) in [6.45, 7) is 0.550. The number of esters is 2. The SMILES string of the molecule is COC(=O)/C=C/c1ccc(NCNc2ccc(/C=C/C(=O)OC)cc2)cc1. The number of rotatable bonds is 8. The van der Waals surface area contributed by atoms with Gasteiger partial charge in [-0.25, -0.2) is 9.59 Å². The minimum Gasteiger partial charge on any atom is -0.466 e. The first kappa shape index (κ1) is 19.8. The third kappa shape index (κ3) is 7.07. The van der Waals surface area contributed by atoms with Crippen molar-refractivity contribution in [1.29, 1.82) is 0 Å². The molecular weight excluding hydrogens is 344 g/mol. The van der Waals surface area contributed by atoms with Crippen molar-refractivity contribution in [3.05, 3.63) is 71.8 Å². The average Bonchev–Trinajstić information content (AvgIpc) is 2.72. The standard InChI is InChI=1S/C21H22N2O4/c1-26-20(24)13-7-16-3-9-18(10-4-16)22-15-23-19-11-5-17(6-12-19)8-14-21(25)27-2/h3-14,22-23H,15H2,1-2H3/b13-7+,14-8+. The minimum atomic E-state index is -0.381. The molecule has 2 aromatic rings. The van der Waals surface area contributed by atoms with Crippen molar-refractivity contribution < 1.29 is 19.1 Å². The normalized spacial score (nSPS) is 10.7. The van der Waals surface area contributed by atoms with E-state index in [1.807, 2.05) is 48.5 Å². The van der Waals surface area contributed by atoms with E-state index >= 15 is 0 Å². The summed E-state index contributed by atoms with van der Waals surface area (Å²) in [5, 5.41) is 6.51. The lowest BCUT2D eigenvalue weighted by atomic mass is 10.2. The molecule has 2 N–H and O–H groups in total. The minimum absolute atomic E-state index is 0.381. The highest BCUT2D eigenvalue weighted by atomic mass is 16.5. The molecular formula is C21H22N2O4. The molecule has 0 amide bonds. The molecule has 0 unspecified atom stereocenters. The lowest BCUT2D eigenvalue weighted by molar-refractivity contribution is -0.135. The molecule has 0 aliphatic rings. The summed E-state index contributed by atoms with van der Waals surface area (Å²) in [6.07, 6.45) is 6.16. The van der Waals surface area contributed by atoms with E-state index in [9.17, 15) is 9.59 Å². The molecule has 6 heteroatoms. The van der Waals surface area contributed by atoms with Crippen molar-refractivity contribution >= 4 is 35.5 Å². The molecule has 0 atom stereocenters. The number of carbonyl (C=O) groups excluding carboxylic acids is 2. The summed E-state index contributed by atoms with van der Waals surface area (Å²) in [4.78, 5) is 22.2. The van der Waals surface area contributed by atoms with E-state index in [0.29, 0.717) is 6.67 Å². The fourth-order valence-corrected chi connectivity index (χ4v) is 2.14. The van der Waals surface area contributed by atoms with Crippen molar-refractivity contribution in [3.63, 3.8) is 0 Å². The van der Waals surface area contributed by atoms with E-state index in [2.05, 4.69) is 20.1 Å². The molecule has 0 saturated carbocycles. The van der Waals surface area contributed by atoms with Crippen LogP contribution in [-0.2, 0) is 19.1 Å². The van der Waals surface area contributed by atoms with Crippen LogP contribution in [-0.4, -0.2) is 32.8 Å². The Kier molecular flexibility index (Phi) is 7.66. The highest BCUT2D eigenvalue weighted by Crippen LogP contribution is 2.13. The molecule has 2 aromatic carbocycles. The van der Waals surface area contributed by atoms with Crippen molar-refractivity contribution in [1.82, 2.24) is 0 Å². The molecule has 0 aliphatic heterocycles. The molecule has 0 fully saturated rings. The third-order valence-corrected chi connectivity index (χ3v) is 3.63. The van der Waals surface area contributed by atoms with Gasteiger partial charge in [-0.3, -0.25) is 0 Å². The molecule has 0 aliphatic carbocycles. The van der Waals surface area contributed by atoms with Crippen LogP contribution in [0.15, 0.2) is 60.7 Å². The number of benzene rings is 2. The lowest BCUT2D eigenvalue weighted by Crippen LogP contribution is -2.11. The number of carbonyl (C=O) groups is 2. The second-order valence-electron chi connectivity index (χ2n) is 5.49. The average molecular weight is 366 g/mol. The van der Waals surface area contributed by atoms with Gasteiger partial charge in [-0.05, 0) is 47.5 Å². The third-order valence-electron chi connectivity index (χ3n) is 3.63. The Morgan fingerprint density at radius 2 is 1.11 bits per heavy atom. The monoisotopic (exact) mass is 366 g/mol. The summed E-state index contributed by atoms with van der Waals surface area (Å²) in [5.41, 5.74) is 3.73. The van der Waals surface area contributed by atoms with Gasteiger partial charge in [0.05, 0.1) is 20.9 Å². The van der Waals surface area contributed by atoms with Gasteiger partial charge in [0.15, 0.2) is 0 Å². The number of nitrogens with one attached hydrogen (secondary N) is 2. The number of anilines is 2. The van der Waals surface area contributed by atoms with Crippen molar-refractivity contribution in [3.8, 4) is 0 Å². The van der Waals surface area contributed by atoms with Gasteiger partial charge in [0.25, 0.3) is 0 Å². The van der Waals surface area contributed by atoms with Gasteiger partial charge in [0.2, 0.25) is 0 Å². The fourth-order valence-electron chi connectivity index (χ4n) is 2.14.